The zero-order valence-corrected chi connectivity index (χ0v) is 18.9. The summed E-state index contributed by atoms with van der Waals surface area (Å²) in [6.07, 6.45) is 6.78. The molecular formula is C22H23ClN8O. The number of hydrogen-bond acceptors (Lipinski definition) is 6. The second kappa shape index (κ2) is 8.80. The Morgan fingerprint density at radius 3 is 2.78 bits per heavy atom. The van der Waals surface area contributed by atoms with Gasteiger partial charge in [0, 0.05) is 56.0 Å². The summed E-state index contributed by atoms with van der Waals surface area (Å²) in [6.45, 7) is 1.88. The van der Waals surface area contributed by atoms with E-state index < -0.39 is 0 Å². The van der Waals surface area contributed by atoms with E-state index in [9.17, 15) is 4.79 Å². The molecule has 4 rings (SSSR count). The molecule has 0 aliphatic carbocycles. The Morgan fingerprint density at radius 1 is 1.28 bits per heavy atom. The van der Waals surface area contributed by atoms with Gasteiger partial charge in [-0.2, -0.15) is 0 Å². The first-order chi connectivity index (χ1) is 15.4. The number of benzene rings is 1. The molecule has 32 heavy (non-hydrogen) atoms. The quantitative estimate of drug-likeness (QED) is 0.390. The summed E-state index contributed by atoms with van der Waals surface area (Å²) >= 11 is 6.13. The normalized spacial score (nSPS) is 12.7. The Balaban J connectivity index is 1.70. The van der Waals surface area contributed by atoms with Crippen molar-refractivity contribution in [2.45, 2.75) is 13.0 Å². The Bertz CT molecular complexity index is 1320. The molecule has 0 spiro atoms. The molecule has 3 heterocycles. The lowest BCUT2D eigenvalue weighted by Crippen LogP contribution is -2.28. The van der Waals surface area contributed by atoms with Crippen LogP contribution >= 0.6 is 11.6 Å². The van der Waals surface area contributed by atoms with Crippen LogP contribution in [0.2, 0.25) is 5.02 Å². The van der Waals surface area contributed by atoms with Gasteiger partial charge in [0.15, 0.2) is 5.65 Å². The number of amides is 1. The first-order valence-electron chi connectivity index (χ1n) is 10.00. The minimum atomic E-state index is -0.274. The topological polar surface area (TPSA) is 113 Å². The molecular weight excluding hydrogens is 428 g/mol. The van der Waals surface area contributed by atoms with Gasteiger partial charge in [0.1, 0.15) is 17.0 Å². The number of carbonyl (C=O) groups excluding carboxylic acids is 1. The van der Waals surface area contributed by atoms with Crippen molar-refractivity contribution in [3.8, 4) is 0 Å². The summed E-state index contributed by atoms with van der Waals surface area (Å²) in [4.78, 5) is 33.9. The molecule has 1 atom stereocenters. The number of aryl methyl sites for hydroxylation is 1. The number of imidazole rings is 1. The SMILES string of the molecule is CN=C(c1cnc2[nH]cc(C(=O)NC(C)c3nccn3C)c2n1)c1ccc(Cl)cc1NC. The fraction of sp³-hybridized carbons (Fsp3) is 0.227. The minimum absolute atomic E-state index is 0.268. The third-order valence-corrected chi connectivity index (χ3v) is 5.43. The molecule has 0 bridgehead atoms. The summed E-state index contributed by atoms with van der Waals surface area (Å²) < 4.78 is 1.87. The standard InChI is InChI=1S/C22H23ClN8O/c1-12(21-26-7-8-31(21)4)29-22(32)15-10-27-20-19(15)30-17(11-28-20)18(25-3)14-6-5-13(23)9-16(14)24-2/h5-12,24H,1-4H3,(H,27,28)(H,29,32). The van der Waals surface area contributed by atoms with Gasteiger partial charge in [-0.15, -0.1) is 0 Å². The van der Waals surface area contributed by atoms with Gasteiger partial charge in [-0.25, -0.2) is 15.0 Å². The van der Waals surface area contributed by atoms with Gasteiger partial charge in [0.25, 0.3) is 5.91 Å². The molecule has 10 heteroatoms. The van der Waals surface area contributed by atoms with Gasteiger partial charge in [0.05, 0.1) is 23.5 Å². The summed E-state index contributed by atoms with van der Waals surface area (Å²) in [6, 6.07) is 5.22. The molecule has 9 nitrogen and oxygen atoms in total. The number of aliphatic imine (C=N–C) groups is 1. The largest absolute Gasteiger partial charge is 0.388 e. The van der Waals surface area contributed by atoms with Crippen molar-refractivity contribution < 1.29 is 4.79 Å². The molecule has 0 saturated carbocycles. The van der Waals surface area contributed by atoms with E-state index in [4.69, 9.17) is 16.6 Å². The van der Waals surface area contributed by atoms with Crippen molar-refractivity contribution in [3.05, 3.63) is 70.7 Å². The molecule has 0 aliphatic rings. The summed E-state index contributed by atoms with van der Waals surface area (Å²) in [5, 5.41) is 6.71. The monoisotopic (exact) mass is 450 g/mol. The third-order valence-electron chi connectivity index (χ3n) is 5.19. The van der Waals surface area contributed by atoms with Crippen LogP contribution < -0.4 is 10.6 Å². The number of halogens is 1. The highest BCUT2D eigenvalue weighted by molar-refractivity contribution is 6.31. The van der Waals surface area contributed by atoms with Crippen molar-refractivity contribution in [2.75, 3.05) is 19.4 Å². The maximum atomic E-state index is 13.0. The van der Waals surface area contributed by atoms with Gasteiger partial charge in [-0.05, 0) is 25.1 Å². The molecule has 3 aromatic heterocycles. The second-order valence-corrected chi connectivity index (χ2v) is 7.69. The number of rotatable bonds is 6. The first kappa shape index (κ1) is 21.5. The van der Waals surface area contributed by atoms with Gasteiger partial charge in [0.2, 0.25) is 0 Å². The number of hydrogen-bond donors (Lipinski definition) is 3. The zero-order valence-electron chi connectivity index (χ0n) is 18.1. The van der Waals surface area contributed by atoms with Crippen molar-refractivity contribution in [2.24, 2.45) is 12.0 Å². The molecule has 4 aromatic rings. The van der Waals surface area contributed by atoms with Crippen LogP contribution in [0.5, 0.6) is 0 Å². The maximum Gasteiger partial charge on any atom is 0.255 e. The minimum Gasteiger partial charge on any atom is -0.388 e. The number of nitrogens with one attached hydrogen (secondary N) is 3. The van der Waals surface area contributed by atoms with Gasteiger partial charge < -0.3 is 20.2 Å². The van der Waals surface area contributed by atoms with E-state index in [1.807, 2.05) is 43.9 Å². The lowest BCUT2D eigenvalue weighted by molar-refractivity contribution is 0.0939. The van der Waals surface area contributed by atoms with Gasteiger partial charge in [-0.1, -0.05) is 11.6 Å². The van der Waals surface area contributed by atoms with Crippen LogP contribution in [0.15, 0.2) is 48.0 Å². The number of nitrogens with zero attached hydrogens (tertiary/aromatic N) is 5. The summed E-state index contributed by atoms with van der Waals surface area (Å²) in [5.41, 5.74) is 4.21. The highest BCUT2D eigenvalue weighted by atomic mass is 35.5. The molecule has 0 aliphatic heterocycles. The lowest BCUT2D eigenvalue weighted by Gasteiger charge is -2.13. The van der Waals surface area contributed by atoms with E-state index >= 15 is 0 Å². The fourth-order valence-corrected chi connectivity index (χ4v) is 3.79. The summed E-state index contributed by atoms with van der Waals surface area (Å²) in [7, 11) is 5.39. The number of carbonyl (C=O) groups is 1. The molecule has 3 N–H and O–H groups in total. The number of aromatic amines is 1. The molecule has 164 valence electrons. The van der Waals surface area contributed by atoms with Crippen LogP contribution in [0.3, 0.4) is 0 Å². The highest BCUT2D eigenvalue weighted by Gasteiger charge is 2.21. The third kappa shape index (κ3) is 3.94. The van der Waals surface area contributed by atoms with Crippen LogP contribution in [0, 0.1) is 0 Å². The van der Waals surface area contributed by atoms with Crippen molar-refractivity contribution in [1.82, 2.24) is 29.8 Å². The molecule has 0 fully saturated rings. The van der Waals surface area contributed by atoms with Crippen LogP contribution in [-0.4, -0.2) is 50.2 Å². The highest BCUT2D eigenvalue weighted by Crippen LogP contribution is 2.24. The van der Waals surface area contributed by atoms with Crippen LogP contribution in [0.1, 0.15) is 40.4 Å². The second-order valence-electron chi connectivity index (χ2n) is 7.26. The average Bonchev–Trinajstić information content (AvgIpc) is 3.41. The van der Waals surface area contributed by atoms with E-state index in [1.54, 1.807) is 31.7 Å². The Kier molecular flexibility index (Phi) is 5.91. The van der Waals surface area contributed by atoms with E-state index in [2.05, 4.69) is 30.6 Å². The predicted octanol–water partition coefficient (Wildman–Crippen LogP) is 3.34. The lowest BCUT2D eigenvalue weighted by atomic mass is 10.0. The van der Waals surface area contributed by atoms with Gasteiger partial charge >= 0.3 is 0 Å². The van der Waals surface area contributed by atoms with E-state index in [0.717, 1.165) is 17.1 Å². The van der Waals surface area contributed by atoms with Crippen LogP contribution in [0.4, 0.5) is 5.69 Å². The van der Waals surface area contributed by atoms with Crippen molar-refractivity contribution >= 4 is 40.1 Å². The van der Waals surface area contributed by atoms with Crippen LogP contribution in [0.25, 0.3) is 11.2 Å². The molecule has 0 saturated heterocycles. The van der Waals surface area contributed by atoms with Gasteiger partial charge in [-0.3, -0.25) is 9.79 Å². The Morgan fingerprint density at radius 2 is 2.09 bits per heavy atom. The van der Waals surface area contributed by atoms with Crippen molar-refractivity contribution in [3.63, 3.8) is 0 Å². The number of aromatic nitrogens is 5. The Hall–Kier alpha value is -3.72. The number of fused-ring (bicyclic) bond motifs is 1. The predicted molar refractivity (Wildman–Crippen MR) is 126 cm³/mol. The molecule has 0 radical (unpaired) electrons. The van der Waals surface area contributed by atoms with E-state index in [-0.39, 0.29) is 11.9 Å². The van der Waals surface area contributed by atoms with Crippen LogP contribution in [-0.2, 0) is 7.05 Å². The molecule has 1 unspecified atom stereocenters. The Labute approximate surface area is 190 Å². The molecule has 1 amide bonds. The molecule has 1 aromatic carbocycles. The average molecular weight is 451 g/mol. The number of anilines is 1. The van der Waals surface area contributed by atoms with E-state index in [0.29, 0.717) is 33.2 Å². The van der Waals surface area contributed by atoms with E-state index in [1.165, 1.54) is 0 Å². The fourth-order valence-electron chi connectivity index (χ4n) is 3.61. The maximum absolute atomic E-state index is 13.0. The zero-order chi connectivity index (χ0) is 22.8. The smallest absolute Gasteiger partial charge is 0.255 e. The van der Waals surface area contributed by atoms with Crippen molar-refractivity contribution in [1.29, 1.82) is 0 Å². The number of H-pyrrole nitrogens is 1. The first-order valence-corrected chi connectivity index (χ1v) is 10.4. The summed E-state index contributed by atoms with van der Waals surface area (Å²) in [5.74, 6) is 0.489.